The molecule has 0 aromatic rings. The topological polar surface area (TPSA) is 35.6 Å². The lowest BCUT2D eigenvalue weighted by Gasteiger charge is -2.34. The van der Waals surface area contributed by atoms with Crippen molar-refractivity contribution in [1.82, 2.24) is 15.1 Å². The number of piperidine rings is 1. The van der Waals surface area contributed by atoms with E-state index in [0.717, 1.165) is 44.7 Å². The lowest BCUT2D eigenvalue weighted by atomic mass is 10.0. The zero-order chi connectivity index (χ0) is 13.9. The van der Waals surface area contributed by atoms with Gasteiger partial charge in [-0.2, -0.15) is 0 Å². The molecule has 4 nitrogen and oxygen atoms in total. The summed E-state index contributed by atoms with van der Waals surface area (Å²) >= 11 is 0. The zero-order valence-electron chi connectivity index (χ0n) is 12.7. The molecule has 3 heterocycles. The average Bonchev–Trinajstić information content (AvgIpc) is 2.98. The second-order valence-corrected chi connectivity index (χ2v) is 6.71. The van der Waals surface area contributed by atoms with Crippen LogP contribution in [0.25, 0.3) is 0 Å². The van der Waals surface area contributed by atoms with E-state index in [4.69, 9.17) is 0 Å². The molecule has 0 saturated carbocycles. The third-order valence-electron chi connectivity index (χ3n) is 5.36. The van der Waals surface area contributed by atoms with E-state index >= 15 is 0 Å². The summed E-state index contributed by atoms with van der Waals surface area (Å²) in [6.45, 7) is 6.95. The molecular formula is C16H28N3O. The summed E-state index contributed by atoms with van der Waals surface area (Å²) < 4.78 is 0. The van der Waals surface area contributed by atoms with Gasteiger partial charge in [-0.25, -0.2) is 0 Å². The van der Waals surface area contributed by atoms with Gasteiger partial charge in [-0.15, -0.1) is 0 Å². The highest BCUT2D eigenvalue weighted by Gasteiger charge is 2.35. The Labute approximate surface area is 122 Å². The lowest BCUT2D eigenvalue weighted by molar-refractivity contribution is -0.127. The molecule has 4 heteroatoms. The first kappa shape index (κ1) is 14.3. The van der Waals surface area contributed by atoms with Crippen LogP contribution in [0, 0.1) is 12.3 Å². The van der Waals surface area contributed by atoms with Crippen LogP contribution in [0.5, 0.6) is 0 Å². The molecule has 20 heavy (non-hydrogen) atoms. The van der Waals surface area contributed by atoms with Crippen molar-refractivity contribution in [2.45, 2.75) is 51.1 Å². The molecule has 113 valence electrons. The quantitative estimate of drug-likeness (QED) is 0.770. The molecule has 1 unspecified atom stereocenters. The average molecular weight is 278 g/mol. The minimum atomic E-state index is 0.230. The van der Waals surface area contributed by atoms with Crippen molar-refractivity contribution in [3.05, 3.63) is 6.42 Å². The number of nitrogens with zero attached hydrogens (tertiary/aromatic N) is 2. The maximum atomic E-state index is 11.3. The van der Waals surface area contributed by atoms with Crippen molar-refractivity contribution in [3.63, 3.8) is 0 Å². The molecule has 0 spiro atoms. The van der Waals surface area contributed by atoms with Crippen LogP contribution < -0.4 is 5.32 Å². The number of carbonyl (C=O) groups is 1. The largest absolute Gasteiger partial charge is 0.343 e. The minimum absolute atomic E-state index is 0.230. The van der Waals surface area contributed by atoms with Gasteiger partial charge in [-0.3, -0.25) is 9.69 Å². The van der Waals surface area contributed by atoms with Crippen LogP contribution in [0.2, 0.25) is 0 Å². The Morgan fingerprint density at radius 2 is 2.00 bits per heavy atom. The Morgan fingerprint density at radius 1 is 1.25 bits per heavy atom. The number of fused-ring (bicyclic) bond motifs is 2. The first-order valence-corrected chi connectivity index (χ1v) is 8.27. The van der Waals surface area contributed by atoms with Gasteiger partial charge in [-0.1, -0.05) is 0 Å². The van der Waals surface area contributed by atoms with Gasteiger partial charge in [-0.05, 0) is 51.0 Å². The van der Waals surface area contributed by atoms with E-state index in [1.54, 1.807) is 6.92 Å². The monoisotopic (exact) mass is 278 g/mol. The molecule has 2 bridgehead atoms. The predicted octanol–water partition coefficient (Wildman–Crippen LogP) is 1.28. The van der Waals surface area contributed by atoms with Crippen molar-refractivity contribution >= 4 is 5.91 Å². The fourth-order valence-corrected chi connectivity index (χ4v) is 4.17. The maximum Gasteiger partial charge on any atom is 0.219 e. The van der Waals surface area contributed by atoms with Gasteiger partial charge in [0.25, 0.3) is 0 Å². The normalized spacial score (nSPS) is 33.9. The maximum absolute atomic E-state index is 11.3. The van der Waals surface area contributed by atoms with Crippen molar-refractivity contribution in [2.24, 2.45) is 5.92 Å². The summed E-state index contributed by atoms with van der Waals surface area (Å²) in [4.78, 5) is 16.0. The van der Waals surface area contributed by atoms with E-state index in [1.165, 1.54) is 32.2 Å². The third-order valence-corrected chi connectivity index (χ3v) is 5.36. The fraction of sp³-hybridized carbons (Fsp3) is 0.875. The van der Waals surface area contributed by atoms with Crippen LogP contribution >= 0.6 is 0 Å². The van der Waals surface area contributed by atoms with Crippen molar-refractivity contribution in [1.29, 1.82) is 0 Å². The van der Waals surface area contributed by atoms with Crippen LogP contribution in [0.1, 0.15) is 39.0 Å². The molecule has 3 aliphatic rings. The first-order valence-electron chi connectivity index (χ1n) is 8.27. The molecule has 0 aromatic carbocycles. The number of carbonyl (C=O) groups excluding carboxylic acids is 1. The molecule has 3 aliphatic heterocycles. The molecule has 3 saturated heterocycles. The van der Waals surface area contributed by atoms with E-state index in [1.807, 2.05) is 4.90 Å². The van der Waals surface area contributed by atoms with Gasteiger partial charge >= 0.3 is 0 Å². The van der Waals surface area contributed by atoms with Gasteiger partial charge in [0.15, 0.2) is 0 Å². The molecular weight excluding hydrogens is 250 g/mol. The Bertz CT molecular complexity index is 331. The van der Waals surface area contributed by atoms with Crippen molar-refractivity contribution < 1.29 is 4.79 Å². The predicted molar refractivity (Wildman–Crippen MR) is 80.3 cm³/mol. The molecule has 3 fully saturated rings. The fourth-order valence-electron chi connectivity index (χ4n) is 4.17. The smallest absolute Gasteiger partial charge is 0.219 e. The molecule has 3 rings (SSSR count). The highest BCUT2D eigenvalue weighted by atomic mass is 16.2. The van der Waals surface area contributed by atoms with Crippen LogP contribution in [0.15, 0.2) is 0 Å². The molecule has 1 N–H and O–H groups in total. The number of hydrogen-bond donors (Lipinski definition) is 1. The number of rotatable bonds is 5. The van der Waals surface area contributed by atoms with Gasteiger partial charge in [0.2, 0.25) is 5.91 Å². The summed E-state index contributed by atoms with van der Waals surface area (Å²) in [5.41, 5.74) is 0. The Morgan fingerprint density at radius 3 is 2.65 bits per heavy atom. The first-order chi connectivity index (χ1) is 9.74. The van der Waals surface area contributed by atoms with E-state index in [0.29, 0.717) is 5.92 Å². The van der Waals surface area contributed by atoms with Crippen LogP contribution in [-0.2, 0) is 4.79 Å². The number of hydrogen-bond acceptors (Lipinski definition) is 3. The molecule has 1 amide bonds. The molecule has 3 atom stereocenters. The van der Waals surface area contributed by atoms with Gasteiger partial charge < -0.3 is 10.2 Å². The highest BCUT2D eigenvalue weighted by molar-refractivity contribution is 5.73. The van der Waals surface area contributed by atoms with Crippen LogP contribution in [0.3, 0.4) is 0 Å². The minimum Gasteiger partial charge on any atom is -0.343 e. The van der Waals surface area contributed by atoms with E-state index in [-0.39, 0.29) is 5.91 Å². The summed E-state index contributed by atoms with van der Waals surface area (Å²) in [5.74, 6) is 0.888. The van der Waals surface area contributed by atoms with E-state index < -0.39 is 0 Å². The van der Waals surface area contributed by atoms with Crippen molar-refractivity contribution in [2.75, 3.05) is 32.7 Å². The number of amides is 1. The van der Waals surface area contributed by atoms with Crippen LogP contribution in [-0.4, -0.2) is 60.5 Å². The van der Waals surface area contributed by atoms with Gasteiger partial charge in [0.05, 0.1) is 0 Å². The molecule has 0 aromatic heterocycles. The summed E-state index contributed by atoms with van der Waals surface area (Å²) in [6, 6.07) is 1.66. The Hall–Kier alpha value is -0.610. The third kappa shape index (κ3) is 3.17. The summed E-state index contributed by atoms with van der Waals surface area (Å²) in [6.07, 6.45) is 9.05. The Balaban J connectivity index is 1.32. The number of nitrogens with one attached hydrogen (secondary N) is 1. The van der Waals surface area contributed by atoms with Crippen LogP contribution in [0.4, 0.5) is 0 Å². The number of likely N-dealkylation sites (tertiary alicyclic amines) is 1. The van der Waals surface area contributed by atoms with E-state index in [9.17, 15) is 4.79 Å². The lowest BCUT2D eigenvalue weighted by Crippen LogP contribution is -2.44. The highest BCUT2D eigenvalue weighted by Crippen LogP contribution is 2.34. The van der Waals surface area contributed by atoms with Gasteiger partial charge in [0, 0.05) is 45.2 Å². The molecule has 0 aliphatic carbocycles. The SMILES string of the molecule is CC(=O)N1CCC(CNCCN2[C@@H]3C[CH]C[C@@H]2CC3)C1. The summed E-state index contributed by atoms with van der Waals surface area (Å²) in [7, 11) is 0. The zero-order valence-corrected chi connectivity index (χ0v) is 12.7. The molecule has 1 radical (unpaired) electrons. The second-order valence-electron chi connectivity index (χ2n) is 6.71. The van der Waals surface area contributed by atoms with Crippen molar-refractivity contribution in [3.8, 4) is 0 Å². The summed E-state index contributed by atoms with van der Waals surface area (Å²) in [5, 5.41) is 3.61. The van der Waals surface area contributed by atoms with Gasteiger partial charge in [0.1, 0.15) is 0 Å². The Kier molecular flexibility index (Phi) is 4.61. The second kappa shape index (κ2) is 6.44. The van der Waals surface area contributed by atoms with E-state index in [2.05, 4.69) is 16.6 Å². The standard InChI is InChI=1S/C16H28N3O/c1-13(20)18-9-7-14(12-18)11-17-8-10-19-15-3-2-4-16(19)6-5-15/h2,14-17H,3-12H2,1H3/t14?,15-,16-/m1/s1.